The van der Waals surface area contributed by atoms with Crippen molar-refractivity contribution in [2.24, 2.45) is 4.99 Å². The molecule has 1 fully saturated rings. The van der Waals surface area contributed by atoms with E-state index in [1.807, 2.05) is 0 Å². The predicted molar refractivity (Wildman–Crippen MR) is 112 cm³/mol. The second-order valence-electron chi connectivity index (χ2n) is 5.56. The first kappa shape index (κ1) is 19.7. The van der Waals surface area contributed by atoms with E-state index in [-0.39, 0.29) is 17.2 Å². The smallest absolute Gasteiger partial charge is 0.335 e. The first-order chi connectivity index (χ1) is 12.8. The summed E-state index contributed by atoms with van der Waals surface area (Å²) in [6.07, 6.45) is 1.70. The number of hydrogen-bond acceptors (Lipinski definition) is 5. The molecule has 6 nitrogen and oxygen atoms in total. The van der Waals surface area contributed by atoms with E-state index < -0.39 is 5.97 Å². The van der Waals surface area contributed by atoms with Gasteiger partial charge in [-0.1, -0.05) is 6.07 Å². The zero-order valence-corrected chi connectivity index (χ0v) is 17.8. The van der Waals surface area contributed by atoms with Gasteiger partial charge in [-0.15, -0.1) is 0 Å². The summed E-state index contributed by atoms with van der Waals surface area (Å²) in [6.45, 7) is 0. The van der Waals surface area contributed by atoms with Gasteiger partial charge in [-0.2, -0.15) is 0 Å². The maximum Gasteiger partial charge on any atom is 0.335 e. The van der Waals surface area contributed by atoms with E-state index in [4.69, 9.17) is 5.11 Å². The van der Waals surface area contributed by atoms with Crippen molar-refractivity contribution in [2.45, 2.75) is 0 Å². The summed E-state index contributed by atoms with van der Waals surface area (Å²) in [5, 5.41) is 19.3. The molecule has 0 bridgehead atoms. The lowest BCUT2D eigenvalue weighted by atomic mass is 10.2. The number of aromatic hydroxyl groups is 1. The molecule has 0 aromatic heterocycles. The van der Waals surface area contributed by atoms with Gasteiger partial charge in [0.25, 0.3) is 5.91 Å². The molecule has 138 valence electrons. The van der Waals surface area contributed by atoms with Gasteiger partial charge in [-0.3, -0.25) is 9.69 Å². The van der Waals surface area contributed by atoms with Crippen LogP contribution < -0.4 is 0 Å². The number of halogens is 2. The molecule has 2 aromatic rings. The van der Waals surface area contributed by atoms with Crippen LogP contribution in [-0.2, 0) is 4.79 Å². The molecule has 3 rings (SSSR count). The van der Waals surface area contributed by atoms with Gasteiger partial charge in [0.2, 0.25) is 0 Å². The van der Waals surface area contributed by atoms with Crippen molar-refractivity contribution < 1.29 is 19.8 Å². The number of carboxylic acid groups (broad SMARTS) is 1. The van der Waals surface area contributed by atoms with Gasteiger partial charge < -0.3 is 10.2 Å². The molecular weight excluding hydrogens is 500 g/mol. The predicted octanol–water partition coefficient (Wildman–Crippen LogP) is 4.85. The summed E-state index contributed by atoms with van der Waals surface area (Å²) in [6, 6.07) is 9.61. The topological polar surface area (TPSA) is 90.2 Å². The average Bonchev–Trinajstić information content (AvgIpc) is 2.88. The number of rotatable bonds is 3. The van der Waals surface area contributed by atoms with E-state index in [2.05, 4.69) is 36.9 Å². The molecule has 1 aliphatic heterocycles. The number of hydrogen-bond donors (Lipinski definition) is 2. The first-order valence-corrected chi connectivity index (χ1v) is 9.94. The van der Waals surface area contributed by atoms with Gasteiger partial charge in [0, 0.05) is 7.05 Å². The van der Waals surface area contributed by atoms with Crippen LogP contribution in [0.4, 0.5) is 5.69 Å². The van der Waals surface area contributed by atoms with Crippen LogP contribution in [0.1, 0.15) is 15.9 Å². The van der Waals surface area contributed by atoms with Crippen molar-refractivity contribution in [1.82, 2.24) is 4.90 Å². The van der Waals surface area contributed by atoms with Crippen LogP contribution in [0.2, 0.25) is 0 Å². The second kappa shape index (κ2) is 7.87. The third-order valence-corrected chi connectivity index (χ3v) is 5.93. The Bertz CT molecular complexity index is 997. The molecule has 1 aliphatic rings. The lowest BCUT2D eigenvalue weighted by Crippen LogP contribution is -2.23. The molecule has 0 saturated carbocycles. The third kappa shape index (κ3) is 4.26. The highest BCUT2D eigenvalue weighted by Gasteiger charge is 2.30. The Labute approximate surface area is 175 Å². The van der Waals surface area contributed by atoms with E-state index in [1.165, 1.54) is 28.8 Å². The monoisotopic (exact) mass is 510 g/mol. The highest BCUT2D eigenvalue weighted by atomic mass is 79.9. The number of carbonyl (C=O) groups is 2. The van der Waals surface area contributed by atoms with E-state index in [0.29, 0.717) is 24.7 Å². The van der Waals surface area contributed by atoms with Gasteiger partial charge in [0.05, 0.1) is 25.1 Å². The summed E-state index contributed by atoms with van der Waals surface area (Å²) in [4.78, 5) is 29.9. The number of aromatic carboxylic acids is 1. The fourth-order valence-electron chi connectivity index (χ4n) is 2.29. The van der Waals surface area contributed by atoms with Crippen molar-refractivity contribution in [2.75, 3.05) is 7.05 Å². The molecule has 1 saturated heterocycles. The minimum absolute atomic E-state index is 0.0835. The number of thioether (sulfide) groups is 1. The van der Waals surface area contributed by atoms with E-state index in [9.17, 15) is 14.7 Å². The van der Waals surface area contributed by atoms with Crippen LogP contribution in [0.5, 0.6) is 5.75 Å². The Balaban J connectivity index is 1.93. The van der Waals surface area contributed by atoms with Crippen molar-refractivity contribution in [3.63, 3.8) is 0 Å². The van der Waals surface area contributed by atoms with Gasteiger partial charge >= 0.3 is 5.97 Å². The Kier molecular flexibility index (Phi) is 5.73. The number of phenols is 1. The Morgan fingerprint density at radius 1 is 1.22 bits per heavy atom. The van der Waals surface area contributed by atoms with Crippen molar-refractivity contribution in [1.29, 1.82) is 0 Å². The maximum atomic E-state index is 12.5. The summed E-state index contributed by atoms with van der Waals surface area (Å²) < 4.78 is 1.01. The number of carbonyl (C=O) groups excluding carboxylic acids is 1. The van der Waals surface area contributed by atoms with Crippen LogP contribution in [0.15, 0.2) is 55.2 Å². The van der Waals surface area contributed by atoms with Crippen LogP contribution in [0.3, 0.4) is 0 Å². The number of nitrogens with zero attached hydrogens (tertiary/aromatic N) is 2. The fourth-order valence-corrected chi connectivity index (χ4v) is 4.50. The van der Waals surface area contributed by atoms with Crippen molar-refractivity contribution >= 4 is 72.4 Å². The minimum atomic E-state index is -1.04. The van der Waals surface area contributed by atoms with Crippen molar-refractivity contribution in [3.8, 4) is 5.75 Å². The Morgan fingerprint density at radius 2 is 1.89 bits per heavy atom. The average molecular weight is 512 g/mol. The van der Waals surface area contributed by atoms with E-state index >= 15 is 0 Å². The lowest BCUT2D eigenvalue weighted by molar-refractivity contribution is -0.121. The molecule has 9 heteroatoms. The number of benzene rings is 2. The van der Waals surface area contributed by atoms with Crippen LogP contribution in [-0.4, -0.2) is 39.2 Å². The number of phenolic OH excluding ortho intramolecular Hbond substituents is 1. The normalized spacial score (nSPS) is 17.1. The number of aliphatic imine (C=N–C) groups is 1. The van der Waals surface area contributed by atoms with Gasteiger partial charge in [0.15, 0.2) is 5.17 Å². The van der Waals surface area contributed by atoms with Crippen LogP contribution >= 0.6 is 43.6 Å². The molecule has 2 N–H and O–H groups in total. The minimum Gasteiger partial charge on any atom is -0.506 e. The number of amidine groups is 1. The standard InChI is InChI=1S/C18H12Br2N2O4S/c1-22-16(24)14(7-9-5-12(19)15(23)13(20)6-9)27-18(22)21-11-4-2-3-10(8-11)17(25)26/h2-8,23H,1H3,(H,25,26)/b14-7-,21-18?. The number of likely N-dealkylation sites (N-methyl/N-ethyl adjacent to an activating group) is 1. The number of amides is 1. The van der Waals surface area contributed by atoms with E-state index in [1.54, 1.807) is 37.4 Å². The molecular formula is C18H12Br2N2O4S. The molecule has 0 unspecified atom stereocenters. The molecule has 0 radical (unpaired) electrons. The van der Waals surface area contributed by atoms with Crippen LogP contribution in [0.25, 0.3) is 6.08 Å². The molecule has 0 atom stereocenters. The SMILES string of the molecule is CN1C(=O)/C(=C/c2cc(Br)c(O)c(Br)c2)SC1=Nc1cccc(C(=O)O)c1. The molecule has 2 aromatic carbocycles. The summed E-state index contributed by atoms with van der Waals surface area (Å²) in [7, 11) is 1.61. The lowest BCUT2D eigenvalue weighted by Gasteiger charge is -2.07. The molecule has 1 amide bonds. The quantitative estimate of drug-likeness (QED) is 0.575. The zero-order chi connectivity index (χ0) is 19.7. The summed E-state index contributed by atoms with van der Waals surface area (Å²) >= 11 is 7.72. The molecule has 0 spiro atoms. The first-order valence-electron chi connectivity index (χ1n) is 7.54. The van der Waals surface area contributed by atoms with Gasteiger partial charge in [-0.25, -0.2) is 9.79 Å². The highest BCUT2D eigenvalue weighted by Crippen LogP contribution is 2.37. The van der Waals surface area contributed by atoms with E-state index in [0.717, 1.165) is 5.56 Å². The molecule has 27 heavy (non-hydrogen) atoms. The van der Waals surface area contributed by atoms with Gasteiger partial charge in [-0.05, 0) is 85.6 Å². The fraction of sp³-hybridized carbons (Fsp3) is 0.0556. The number of carboxylic acids is 1. The summed E-state index contributed by atoms with van der Waals surface area (Å²) in [5.41, 5.74) is 1.31. The third-order valence-electron chi connectivity index (χ3n) is 3.66. The highest BCUT2D eigenvalue weighted by molar-refractivity contribution is 9.11. The largest absolute Gasteiger partial charge is 0.506 e. The maximum absolute atomic E-state index is 12.5. The van der Waals surface area contributed by atoms with Crippen molar-refractivity contribution in [3.05, 3.63) is 61.4 Å². The Hall–Kier alpha value is -2.10. The molecule has 1 heterocycles. The molecule has 0 aliphatic carbocycles. The second-order valence-corrected chi connectivity index (χ2v) is 8.28. The van der Waals surface area contributed by atoms with Gasteiger partial charge in [0.1, 0.15) is 5.75 Å². The Morgan fingerprint density at radius 3 is 2.52 bits per heavy atom. The zero-order valence-electron chi connectivity index (χ0n) is 13.8. The van der Waals surface area contributed by atoms with Crippen LogP contribution in [0, 0.1) is 0 Å². The summed E-state index contributed by atoms with van der Waals surface area (Å²) in [5.74, 6) is -1.17.